The van der Waals surface area contributed by atoms with Crippen molar-refractivity contribution in [3.05, 3.63) is 17.5 Å². The van der Waals surface area contributed by atoms with Gasteiger partial charge in [-0.1, -0.05) is 0 Å². The van der Waals surface area contributed by atoms with Gasteiger partial charge >= 0.3 is 0 Å². The van der Waals surface area contributed by atoms with Crippen molar-refractivity contribution >= 4 is 5.91 Å². The normalized spacial score (nSPS) is 19.5. The summed E-state index contributed by atoms with van der Waals surface area (Å²) in [5, 5.41) is 10.6. The summed E-state index contributed by atoms with van der Waals surface area (Å²) in [6, 6.07) is 1.84. The maximum atomic E-state index is 12.0. The third kappa shape index (κ3) is 2.85. The van der Waals surface area contributed by atoms with Crippen LogP contribution in [0.1, 0.15) is 29.5 Å². The molecule has 2 N–H and O–H groups in total. The Balaban J connectivity index is 1.93. The molecular formula is C12H20N4O. The van der Waals surface area contributed by atoms with Crippen LogP contribution in [0.5, 0.6) is 0 Å². The van der Waals surface area contributed by atoms with Gasteiger partial charge < -0.3 is 10.6 Å². The minimum Gasteiger partial charge on any atom is -0.350 e. The monoisotopic (exact) mass is 236 g/mol. The number of carbonyl (C=O) groups is 1. The van der Waals surface area contributed by atoms with Gasteiger partial charge in [0, 0.05) is 13.1 Å². The lowest BCUT2D eigenvalue weighted by molar-refractivity contribution is 0.0937. The van der Waals surface area contributed by atoms with Crippen molar-refractivity contribution in [1.29, 1.82) is 0 Å². The van der Waals surface area contributed by atoms with Gasteiger partial charge in [-0.25, -0.2) is 0 Å². The molecule has 1 aliphatic rings. The fourth-order valence-corrected chi connectivity index (χ4v) is 2.19. The summed E-state index contributed by atoms with van der Waals surface area (Å²) in [6.07, 6.45) is 1.15. The SMILES string of the molecule is CCn1nc(C)cc1C(=O)NCC1CCNC1. The van der Waals surface area contributed by atoms with E-state index in [1.165, 1.54) is 0 Å². The molecule has 0 aromatic carbocycles. The van der Waals surface area contributed by atoms with Crippen LogP contribution < -0.4 is 10.6 Å². The van der Waals surface area contributed by atoms with Gasteiger partial charge in [0.1, 0.15) is 5.69 Å². The van der Waals surface area contributed by atoms with Crippen LogP contribution in [0.2, 0.25) is 0 Å². The van der Waals surface area contributed by atoms with Crippen LogP contribution in [0, 0.1) is 12.8 Å². The van der Waals surface area contributed by atoms with Gasteiger partial charge in [-0.15, -0.1) is 0 Å². The van der Waals surface area contributed by atoms with E-state index >= 15 is 0 Å². The number of rotatable bonds is 4. The largest absolute Gasteiger partial charge is 0.350 e. The van der Waals surface area contributed by atoms with Crippen LogP contribution >= 0.6 is 0 Å². The fourth-order valence-electron chi connectivity index (χ4n) is 2.19. The average Bonchev–Trinajstić information content (AvgIpc) is 2.94. The number of aryl methyl sites for hydroxylation is 2. The standard InChI is InChI=1S/C12H20N4O/c1-3-16-11(6-9(2)15-16)12(17)14-8-10-4-5-13-7-10/h6,10,13H,3-5,7-8H2,1-2H3,(H,14,17). The Bertz CT molecular complexity index is 393. The lowest BCUT2D eigenvalue weighted by Crippen LogP contribution is -2.31. The van der Waals surface area contributed by atoms with Gasteiger partial charge in [-0.3, -0.25) is 9.48 Å². The number of hydrogen-bond acceptors (Lipinski definition) is 3. The first-order chi connectivity index (χ1) is 8.20. The number of nitrogens with zero attached hydrogens (tertiary/aromatic N) is 2. The summed E-state index contributed by atoms with van der Waals surface area (Å²) in [4.78, 5) is 12.0. The van der Waals surface area contributed by atoms with E-state index in [1.54, 1.807) is 4.68 Å². The lowest BCUT2D eigenvalue weighted by Gasteiger charge is -2.10. The van der Waals surface area contributed by atoms with E-state index in [2.05, 4.69) is 15.7 Å². The quantitative estimate of drug-likeness (QED) is 0.802. The molecule has 0 aliphatic carbocycles. The lowest BCUT2D eigenvalue weighted by atomic mass is 10.1. The van der Waals surface area contributed by atoms with Crippen LogP contribution in [-0.4, -0.2) is 35.3 Å². The van der Waals surface area contributed by atoms with Crippen molar-refractivity contribution in [2.24, 2.45) is 5.92 Å². The maximum Gasteiger partial charge on any atom is 0.269 e. The summed E-state index contributed by atoms with van der Waals surface area (Å²) >= 11 is 0. The Morgan fingerprint density at radius 1 is 1.71 bits per heavy atom. The highest BCUT2D eigenvalue weighted by Crippen LogP contribution is 2.07. The Morgan fingerprint density at radius 3 is 3.18 bits per heavy atom. The van der Waals surface area contributed by atoms with E-state index in [9.17, 15) is 4.79 Å². The molecule has 1 aliphatic heterocycles. The summed E-state index contributed by atoms with van der Waals surface area (Å²) < 4.78 is 1.75. The first kappa shape index (κ1) is 12.1. The molecule has 0 spiro atoms. The molecule has 0 bridgehead atoms. The van der Waals surface area contributed by atoms with Crippen LogP contribution in [-0.2, 0) is 6.54 Å². The molecule has 1 saturated heterocycles. The predicted molar refractivity (Wildman–Crippen MR) is 65.9 cm³/mol. The van der Waals surface area contributed by atoms with Crippen molar-refractivity contribution in [3.63, 3.8) is 0 Å². The molecule has 1 aromatic rings. The summed E-state index contributed by atoms with van der Waals surface area (Å²) in [6.45, 7) is 7.44. The molecule has 2 heterocycles. The Kier molecular flexibility index (Phi) is 3.78. The third-order valence-corrected chi connectivity index (χ3v) is 3.15. The zero-order chi connectivity index (χ0) is 12.3. The zero-order valence-corrected chi connectivity index (χ0v) is 10.5. The second kappa shape index (κ2) is 5.31. The van der Waals surface area contributed by atoms with Crippen molar-refractivity contribution < 1.29 is 4.79 Å². The molecule has 1 aromatic heterocycles. The second-order valence-electron chi connectivity index (χ2n) is 4.56. The van der Waals surface area contributed by atoms with Gasteiger partial charge in [-0.2, -0.15) is 5.10 Å². The molecule has 17 heavy (non-hydrogen) atoms. The molecule has 1 fully saturated rings. The average molecular weight is 236 g/mol. The predicted octanol–water partition coefficient (Wildman–Crippen LogP) is 0.551. The molecule has 0 saturated carbocycles. The topological polar surface area (TPSA) is 59.0 Å². The molecule has 1 amide bonds. The minimum absolute atomic E-state index is 0.0145. The molecule has 0 radical (unpaired) electrons. The van der Waals surface area contributed by atoms with Crippen LogP contribution in [0.3, 0.4) is 0 Å². The molecule has 5 heteroatoms. The zero-order valence-electron chi connectivity index (χ0n) is 10.5. The van der Waals surface area contributed by atoms with E-state index in [0.29, 0.717) is 11.6 Å². The maximum absolute atomic E-state index is 12.0. The number of hydrogen-bond donors (Lipinski definition) is 2. The first-order valence-corrected chi connectivity index (χ1v) is 6.24. The number of amides is 1. The number of nitrogens with one attached hydrogen (secondary N) is 2. The van der Waals surface area contributed by atoms with Gasteiger partial charge in [0.05, 0.1) is 5.69 Å². The van der Waals surface area contributed by atoms with Crippen molar-refractivity contribution in [2.75, 3.05) is 19.6 Å². The van der Waals surface area contributed by atoms with Crippen molar-refractivity contribution in [1.82, 2.24) is 20.4 Å². The summed E-state index contributed by atoms with van der Waals surface area (Å²) in [5.74, 6) is 0.553. The number of aromatic nitrogens is 2. The van der Waals surface area contributed by atoms with E-state index in [-0.39, 0.29) is 5.91 Å². The highest BCUT2D eigenvalue weighted by atomic mass is 16.2. The van der Waals surface area contributed by atoms with Crippen LogP contribution in [0.15, 0.2) is 6.07 Å². The van der Waals surface area contributed by atoms with E-state index in [0.717, 1.165) is 38.3 Å². The molecule has 1 atom stereocenters. The molecule has 5 nitrogen and oxygen atoms in total. The van der Waals surface area contributed by atoms with E-state index in [1.807, 2.05) is 19.9 Å². The first-order valence-electron chi connectivity index (χ1n) is 6.24. The Labute approximate surface area is 102 Å². The van der Waals surface area contributed by atoms with Crippen LogP contribution in [0.25, 0.3) is 0 Å². The van der Waals surface area contributed by atoms with Crippen molar-refractivity contribution in [2.45, 2.75) is 26.8 Å². The summed E-state index contributed by atoms with van der Waals surface area (Å²) in [5.41, 5.74) is 1.55. The van der Waals surface area contributed by atoms with Gasteiger partial charge in [0.25, 0.3) is 5.91 Å². The Morgan fingerprint density at radius 2 is 2.53 bits per heavy atom. The fraction of sp³-hybridized carbons (Fsp3) is 0.667. The smallest absolute Gasteiger partial charge is 0.269 e. The van der Waals surface area contributed by atoms with Crippen molar-refractivity contribution in [3.8, 4) is 0 Å². The number of carbonyl (C=O) groups excluding carboxylic acids is 1. The van der Waals surface area contributed by atoms with Gasteiger partial charge in [0.15, 0.2) is 0 Å². The highest BCUT2D eigenvalue weighted by Gasteiger charge is 2.17. The third-order valence-electron chi connectivity index (χ3n) is 3.15. The van der Waals surface area contributed by atoms with Gasteiger partial charge in [-0.05, 0) is 45.3 Å². The molecule has 1 unspecified atom stereocenters. The summed E-state index contributed by atoms with van der Waals surface area (Å²) in [7, 11) is 0. The second-order valence-corrected chi connectivity index (χ2v) is 4.56. The Hall–Kier alpha value is -1.36. The molecule has 2 rings (SSSR count). The van der Waals surface area contributed by atoms with Crippen LogP contribution in [0.4, 0.5) is 0 Å². The van der Waals surface area contributed by atoms with Gasteiger partial charge in [0.2, 0.25) is 0 Å². The van der Waals surface area contributed by atoms with E-state index < -0.39 is 0 Å². The highest BCUT2D eigenvalue weighted by molar-refractivity contribution is 5.92. The minimum atomic E-state index is -0.0145. The molecule has 94 valence electrons. The molecular weight excluding hydrogens is 216 g/mol. The van der Waals surface area contributed by atoms with E-state index in [4.69, 9.17) is 0 Å².